The van der Waals surface area contributed by atoms with Gasteiger partial charge in [-0.3, -0.25) is 0 Å². The molecule has 156 valence electrons. The molecular formula is C27H48. The number of hydrogen-bond donors (Lipinski definition) is 0. The molecule has 0 radical (unpaired) electrons. The van der Waals surface area contributed by atoms with Crippen LogP contribution < -0.4 is 0 Å². The molecule has 1 fully saturated rings. The van der Waals surface area contributed by atoms with E-state index in [-0.39, 0.29) is 5.41 Å². The Kier molecular flexibility index (Phi) is 9.59. The van der Waals surface area contributed by atoms with Gasteiger partial charge in [-0.2, -0.15) is 0 Å². The van der Waals surface area contributed by atoms with Crippen LogP contribution >= 0.6 is 0 Å². The van der Waals surface area contributed by atoms with Gasteiger partial charge in [0.25, 0.3) is 0 Å². The fraction of sp³-hybridized carbons (Fsp3) is 0.778. The van der Waals surface area contributed by atoms with Gasteiger partial charge < -0.3 is 0 Å². The lowest BCUT2D eigenvalue weighted by Gasteiger charge is -2.38. The van der Waals surface area contributed by atoms with Gasteiger partial charge in [-0.05, 0) is 92.3 Å². The lowest BCUT2D eigenvalue weighted by Crippen LogP contribution is -2.24. The first kappa shape index (κ1) is 24.3. The van der Waals surface area contributed by atoms with Crippen molar-refractivity contribution < 1.29 is 0 Å². The molecule has 27 heavy (non-hydrogen) atoms. The van der Waals surface area contributed by atoms with Crippen LogP contribution in [0.1, 0.15) is 114 Å². The maximum Gasteiger partial charge on any atom is -0.00750 e. The fourth-order valence-corrected chi connectivity index (χ4v) is 4.33. The van der Waals surface area contributed by atoms with E-state index in [9.17, 15) is 0 Å². The molecule has 1 aliphatic carbocycles. The van der Waals surface area contributed by atoms with Crippen molar-refractivity contribution in [3.63, 3.8) is 0 Å². The Balaban J connectivity index is 3.78. The molecule has 0 heteroatoms. The second-order valence-corrected chi connectivity index (χ2v) is 9.55. The molecule has 0 spiro atoms. The highest BCUT2D eigenvalue weighted by molar-refractivity contribution is 5.48. The first-order chi connectivity index (χ1) is 12.7. The second-order valence-electron chi connectivity index (χ2n) is 9.55. The Bertz CT molecular complexity index is 559. The molecule has 1 rings (SSSR count). The maximum absolute atomic E-state index is 2.60. The monoisotopic (exact) mass is 372 g/mol. The molecule has 0 N–H and O–H groups in total. The summed E-state index contributed by atoms with van der Waals surface area (Å²) >= 11 is 0. The summed E-state index contributed by atoms with van der Waals surface area (Å²) in [6.45, 7) is 24.0. The summed E-state index contributed by atoms with van der Waals surface area (Å²) in [6, 6.07) is 0. The zero-order valence-electron chi connectivity index (χ0n) is 20.3. The molecule has 0 amide bonds. The van der Waals surface area contributed by atoms with E-state index in [1.807, 2.05) is 0 Å². The van der Waals surface area contributed by atoms with Gasteiger partial charge in [0.2, 0.25) is 0 Å². The Morgan fingerprint density at radius 1 is 0.963 bits per heavy atom. The third-order valence-electron chi connectivity index (χ3n) is 8.08. The van der Waals surface area contributed by atoms with E-state index < -0.39 is 0 Å². The SMILES string of the molecule is CCC(C)C(C)=CC(=C(C(C)=C1CCC1)C(C)(CC)CC)C(C)C(C)CC. The highest BCUT2D eigenvalue weighted by Gasteiger charge is 2.32. The van der Waals surface area contributed by atoms with Crippen molar-refractivity contribution in [3.8, 4) is 0 Å². The fourth-order valence-electron chi connectivity index (χ4n) is 4.33. The average molecular weight is 373 g/mol. The summed E-state index contributed by atoms with van der Waals surface area (Å²) in [6.07, 6.45) is 11.5. The van der Waals surface area contributed by atoms with E-state index in [1.165, 1.54) is 44.9 Å². The minimum atomic E-state index is 0.274. The standard InChI is InChI=1S/C27H48/c1-11-19(5)21(7)18-25(22(8)20(6)12-2)26(27(10,13-3)14-4)23(9)24-16-15-17-24/h18-20,22H,11-17H2,1-10H3. The van der Waals surface area contributed by atoms with Crippen LogP contribution in [0.3, 0.4) is 0 Å². The van der Waals surface area contributed by atoms with Crippen LogP contribution in [-0.4, -0.2) is 0 Å². The molecule has 0 nitrogen and oxygen atoms in total. The lowest BCUT2D eigenvalue weighted by molar-refractivity contribution is 0.354. The predicted octanol–water partition coefficient (Wildman–Crippen LogP) is 9.28. The quantitative estimate of drug-likeness (QED) is 0.335. The Morgan fingerprint density at radius 3 is 1.89 bits per heavy atom. The van der Waals surface area contributed by atoms with E-state index in [0.29, 0.717) is 17.8 Å². The van der Waals surface area contributed by atoms with Crippen molar-refractivity contribution in [1.82, 2.24) is 0 Å². The molecule has 0 aromatic carbocycles. The number of allylic oxidation sites excluding steroid dienone is 6. The Labute approximate surface area is 171 Å². The van der Waals surface area contributed by atoms with Crippen LogP contribution in [0.15, 0.2) is 33.9 Å². The first-order valence-corrected chi connectivity index (χ1v) is 11.8. The summed E-state index contributed by atoms with van der Waals surface area (Å²) in [7, 11) is 0. The highest BCUT2D eigenvalue weighted by Crippen LogP contribution is 2.47. The van der Waals surface area contributed by atoms with Crippen LogP contribution in [0.25, 0.3) is 0 Å². The zero-order valence-corrected chi connectivity index (χ0v) is 20.3. The van der Waals surface area contributed by atoms with Crippen LogP contribution in [0.5, 0.6) is 0 Å². The first-order valence-electron chi connectivity index (χ1n) is 11.8. The molecule has 1 aliphatic rings. The smallest absolute Gasteiger partial charge is 0.00750 e. The van der Waals surface area contributed by atoms with Gasteiger partial charge in [-0.15, -0.1) is 0 Å². The molecular weight excluding hydrogens is 324 g/mol. The molecule has 0 aromatic heterocycles. The summed E-state index contributed by atoms with van der Waals surface area (Å²) in [5.41, 5.74) is 8.52. The van der Waals surface area contributed by atoms with Gasteiger partial charge in [0.15, 0.2) is 0 Å². The third kappa shape index (κ3) is 5.61. The van der Waals surface area contributed by atoms with Crippen molar-refractivity contribution in [3.05, 3.63) is 33.9 Å². The van der Waals surface area contributed by atoms with E-state index in [4.69, 9.17) is 0 Å². The largest absolute Gasteiger partial charge is 0.0702 e. The van der Waals surface area contributed by atoms with Crippen molar-refractivity contribution in [2.24, 2.45) is 23.2 Å². The topological polar surface area (TPSA) is 0 Å². The van der Waals surface area contributed by atoms with Crippen molar-refractivity contribution >= 4 is 0 Å². The average Bonchev–Trinajstić information content (AvgIpc) is 2.63. The minimum absolute atomic E-state index is 0.274. The van der Waals surface area contributed by atoms with Gasteiger partial charge in [-0.25, -0.2) is 0 Å². The van der Waals surface area contributed by atoms with E-state index in [2.05, 4.69) is 75.3 Å². The van der Waals surface area contributed by atoms with E-state index >= 15 is 0 Å². The molecule has 0 aliphatic heterocycles. The van der Waals surface area contributed by atoms with Crippen molar-refractivity contribution in [2.75, 3.05) is 0 Å². The summed E-state index contributed by atoms with van der Waals surface area (Å²) in [4.78, 5) is 0. The van der Waals surface area contributed by atoms with Gasteiger partial charge in [0.05, 0.1) is 0 Å². The van der Waals surface area contributed by atoms with E-state index in [0.717, 1.165) is 0 Å². The van der Waals surface area contributed by atoms with Gasteiger partial charge in [0, 0.05) is 0 Å². The second kappa shape index (κ2) is 10.7. The lowest BCUT2D eigenvalue weighted by atomic mass is 9.67. The molecule has 1 saturated carbocycles. The molecule has 3 atom stereocenters. The van der Waals surface area contributed by atoms with Crippen LogP contribution in [-0.2, 0) is 0 Å². The molecule has 0 aromatic rings. The minimum Gasteiger partial charge on any atom is -0.0702 e. The molecule has 0 heterocycles. The molecule has 3 unspecified atom stereocenters. The molecule has 0 bridgehead atoms. The van der Waals surface area contributed by atoms with Gasteiger partial charge in [-0.1, -0.05) is 79.0 Å². The van der Waals surface area contributed by atoms with Crippen LogP contribution in [0.4, 0.5) is 0 Å². The predicted molar refractivity (Wildman–Crippen MR) is 124 cm³/mol. The Morgan fingerprint density at radius 2 is 1.52 bits per heavy atom. The van der Waals surface area contributed by atoms with Gasteiger partial charge >= 0.3 is 0 Å². The normalized spacial score (nSPS) is 19.9. The summed E-state index contributed by atoms with van der Waals surface area (Å²) in [5.74, 6) is 1.99. The third-order valence-corrected chi connectivity index (χ3v) is 8.08. The zero-order chi connectivity index (χ0) is 20.8. The molecule has 0 saturated heterocycles. The van der Waals surface area contributed by atoms with Crippen molar-refractivity contribution in [2.45, 2.75) is 114 Å². The highest BCUT2D eigenvalue weighted by atomic mass is 14.4. The van der Waals surface area contributed by atoms with Crippen LogP contribution in [0.2, 0.25) is 0 Å². The van der Waals surface area contributed by atoms with E-state index in [1.54, 1.807) is 27.9 Å². The maximum atomic E-state index is 2.60. The number of hydrogen-bond acceptors (Lipinski definition) is 0. The number of rotatable bonds is 10. The summed E-state index contributed by atoms with van der Waals surface area (Å²) in [5, 5.41) is 0. The van der Waals surface area contributed by atoms with Crippen molar-refractivity contribution in [1.29, 1.82) is 0 Å². The Hall–Kier alpha value is -0.780. The summed E-state index contributed by atoms with van der Waals surface area (Å²) < 4.78 is 0. The van der Waals surface area contributed by atoms with Crippen LogP contribution in [0, 0.1) is 23.2 Å². The van der Waals surface area contributed by atoms with Gasteiger partial charge in [0.1, 0.15) is 0 Å².